The molecule has 0 aliphatic carbocycles. The van der Waals surface area contributed by atoms with E-state index < -0.39 is 0 Å². The lowest BCUT2D eigenvalue weighted by molar-refractivity contribution is 0.0938. The van der Waals surface area contributed by atoms with Gasteiger partial charge >= 0.3 is 0 Å². The van der Waals surface area contributed by atoms with Gasteiger partial charge in [-0.15, -0.1) is 0 Å². The van der Waals surface area contributed by atoms with Crippen molar-refractivity contribution in [2.45, 2.75) is 39.3 Å². The summed E-state index contributed by atoms with van der Waals surface area (Å²) in [6, 6.07) is 25.5. The number of hydrogen-bond donors (Lipinski definition) is 1. The summed E-state index contributed by atoms with van der Waals surface area (Å²) in [5.74, 6) is 1.44. The molecule has 0 aliphatic rings. The largest absolute Gasteiger partial charge is 0.493 e. The van der Waals surface area contributed by atoms with Gasteiger partial charge in [-0.1, -0.05) is 48.5 Å². The average molecular weight is 404 g/mol. The Morgan fingerprint density at radius 1 is 0.933 bits per heavy atom. The molecular formula is C26H29NO3. The number of ether oxygens (including phenoxy) is 2. The van der Waals surface area contributed by atoms with Gasteiger partial charge in [-0.25, -0.2) is 0 Å². The predicted octanol–water partition coefficient (Wildman–Crippen LogP) is 5.42. The van der Waals surface area contributed by atoms with Gasteiger partial charge in [0.05, 0.1) is 6.61 Å². The first-order chi connectivity index (χ1) is 14.7. The van der Waals surface area contributed by atoms with Gasteiger partial charge in [0, 0.05) is 17.2 Å². The number of aryl methyl sites for hydroxylation is 1. The number of hydrogen-bond acceptors (Lipinski definition) is 3. The molecule has 0 saturated heterocycles. The number of amides is 1. The summed E-state index contributed by atoms with van der Waals surface area (Å²) >= 11 is 0. The number of rotatable bonds is 10. The molecule has 1 atom stereocenters. The predicted molar refractivity (Wildman–Crippen MR) is 120 cm³/mol. The normalized spacial score (nSPS) is 11.5. The van der Waals surface area contributed by atoms with Crippen LogP contribution in [0.3, 0.4) is 0 Å². The van der Waals surface area contributed by atoms with Gasteiger partial charge in [-0.05, 0) is 62.6 Å². The molecule has 4 nitrogen and oxygen atoms in total. The first kappa shape index (κ1) is 21.4. The Balaban J connectivity index is 1.63. The average Bonchev–Trinajstić information content (AvgIpc) is 2.78. The summed E-state index contributed by atoms with van der Waals surface area (Å²) in [5, 5.41) is 3.10. The minimum Gasteiger partial charge on any atom is -0.493 e. The summed E-state index contributed by atoms with van der Waals surface area (Å²) in [6.07, 6.45) is 1.82. The van der Waals surface area contributed by atoms with Crippen LogP contribution in [0.1, 0.15) is 41.8 Å². The van der Waals surface area contributed by atoms with Gasteiger partial charge in [0.1, 0.15) is 18.1 Å². The second kappa shape index (κ2) is 11.1. The maximum Gasteiger partial charge on any atom is 0.251 e. The first-order valence-corrected chi connectivity index (χ1v) is 10.4. The lowest BCUT2D eigenvalue weighted by Gasteiger charge is -2.16. The van der Waals surface area contributed by atoms with E-state index in [-0.39, 0.29) is 11.9 Å². The van der Waals surface area contributed by atoms with E-state index in [1.807, 2.05) is 74.5 Å². The van der Waals surface area contributed by atoms with Crippen LogP contribution in [0.25, 0.3) is 0 Å². The zero-order valence-corrected chi connectivity index (χ0v) is 17.6. The highest BCUT2D eigenvalue weighted by Gasteiger charge is 2.14. The molecule has 0 heterocycles. The van der Waals surface area contributed by atoms with E-state index >= 15 is 0 Å². The van der Waals surface area contributed by atoms with Gasteiger partial charge in [0.15, 0.2) is 0 Å². The van der Waals surface area contributed by atoms with Crippen LogP contribution in [0, 0.1) is 0 Å². The molecule has 1 N–H and O–H groups in total. The molecule has 0 unspecified atom stereocenters. The number of carbonyl (C=O) groups is 1. The van der Waals surface area contributed by atoms with Crippen LogP contribution in [-0.2, 0) is 13.0 Å². The van der Waals surface area contributed by atoms with Crippen LogP contribution in [0.15, 0.2) is 78.9 Å². The Morgan fingerprint density at radius 2 is 1.63 bits per heavy atom. The van der Waals surface area contributed by atoms with E-state index in [0.717, 1.165) is 29.9 Å². The Hall–Kier alpha value is -3.27. The minimum absolute atomic E-state index is 0.0771. The zero-order valence-electron chi connectivity index (χ0n) is 17.6. The first-order valence-electron chi connectivity index (χ1n) is 10.4. The monoisotopic (exact) mass is 403 g/mol. The number of nitrogens with one attached hydrogen (secondary N) is 1. The molecule has 30 heavy (non-hydrogen) atoms. The van der Waals surface area contributed by atoms with E-state index in [4.69, 9.17) is 9.47 Å². The Labute approximate surface area is 178 Å². The highest BCUT2D eigenvalue weighted by atomic mass is 16.5. The summed E-state index contributed by atoms with van der Waals surface area (Å²) < 4.78 is 11.6. The lowest BCUT2D eigenvalue weighted by atomic mass is 10.1. The van der Waals surface area contributed by atoms with Crippen molar-refractivity contribution in [1.82, 2.24) is 5.32 Å². The fraction of sp³-hybridized carbons (Fsp3) is 0.269. The van der Waals surface area contributed by atoms with Crippen molar-refractivity contribution in [3.05, 3.63) is 95.6 Å². The molecule has 0 aliphatic heterocycles. The molecular weight excluding hydrogens is 374 g/mol. The fourth-order valence-corrected chi connectivity index (χ4v) is 3.21. The van der Waals surface area contributed by atoms with E-state index in [1.165, 1.54) is 5.56 Å². The third kappa shape index (κ3) is 6.38. The Bertz CT molecular complexity index is 926. The molecule has 3 aromatic carbocycles. The molecule has 1 amide bonds. The summed E-state index contributed by atoms with van der Waals surface area (Å²) in [5.41, 5.74) is 2.74. The topological polar surface area (TPSA) is 47.6 Å². The zero-order chi connectivity index (χ0) is 21.2. The fourth-order valence-electron chi connectivity index (χ4n) is 3.21. The van der Waals surface area contributed by atoms with Gasteiger partial charge in [0.2, 0.25) is 0 Å². The van der Waals surface area contributed by atoms with E-state index in [2.05, 4.69) is 17.4 Å². The summed E-state index contributed by atoms with van der Waals surface area (Å²) in [6.45, 7) is 4.87. The molecule has 0 fully saturated rings. The van der Waals surface area contributed by atoms with Gasteiger partial charge in [-0.3, -0.25) is 4.79 Å². The Kier molecular flexibility index (Phi) is 7.90. The number of carbonyl (C=O) groups excluding carboxylic acids is 1. The molecule has 3 rings (SSSR count). The summed E-state index contributed by atoms with van der Waals surface area (Å²) in [7, 11) is 0. The van der Waals surface area contributed by atoms with Crippen LogP contribution in [0.2, 0.25) is 0 Å². The SMILES string of the molecule is CCOc1ccc(C(=O)N[C@@H](C)CCc2ccccc2)cc1COc1ccccc1. The van der Waals surface area contributed by atoms with Crippen molar-refractivity contribution in [3.8, 4) is 11.5 Å². The smallest absolute Gasteiger partial charge is 0.251 e. The van der Waals surface area contributed by atoms with Crippen molar-refractivity contribution < 1.29 is 14.3 Å². The molecule has 0 aromatic heterocycles. The maximum absolute atomic E-state index is 12.8. The van der Waals surface area contributed by atoms with Crippen LogP contribution in [0.4, 0.5) is 0 Å². The van der Waals surface area contributed by atoms with Crippen molar-refractivity contribution in [3.63, 3.8) is 0 Å². The van der Waals surface area contributed by atoms with Crippen molar-refractivity contribution in [2.75, 3.05) is 6.61 Å². The molecule has 3 aromatic rings. The van der Waals surface area contributed by atoms with Crippen molar-refractivity contribution >= 4 is 5.91 Å². The third-order valence-corrected chi connectivity index (χ3v) is 4.85. The third-order valence-electron chi connectivity index (χ3n) is 4.85. The highest BCUT2D eigenvalue weighted by Crippen LogP contribution is 2.23. The van der Waals surface area contributed by atoms with E-state index in [1.54, 1.807) is 6.07 Å². The lowest BCUT2D eigenvalue weighted by Crippen LogP contribution is -2.33. The molecule has 4 heteroatoms. The molecule has 0 spiro atoms. The van der Waals surface area contributed by atoms with Crippen LogP contribution < -0.4 is 14.8 Å². The standard InChI is InChI=1S/C26H29NO3/c1-3-29-25-17-16-22(18-23(25)19-30-24-12-8-5-9-13-24)26(28)27-20(2)14-15-21-10-6-4-7-11-21/h4-13,16-18,20H,3,14-15,19H2,1-2H3,(H,27,28)/t20-/m0/s1. The number of para-hydroxylation sites is 1. The van der Waals surface area contributed by atoms with Crippen LogP contribution in [-0.4, -0.2) is 18.6 Å². The van der Waals surface area contributed by atoms with E-state index in [0.29, 0.717) is 18.8 Å². The molecule has 0 radical (unpaired) electrons. The summed E-state index contributed by atoms with van der Waals surface area (Å²) in [4.78, 5) is 12.8. The van der Waals surface area contributed by atoms with Crippen molar-refractivity contribution in [1.29, 1.82) is 0 Å². The maximum atomic E-state index is 12.8. The quantitative estimate of drug-likeness (QED) is 0.492. The Morgan fingerprint density at radius 3 is 2.33 bits per heavy atom. The molecule has 156 valence electrons. The van der Waals surface area contributed by atoms with Gasteiger partial charge < -0.3 is 14.8 Å². The minimum atomic E-state index is -0.0837. The number of benzene rings is 3. The van der Waals surface area contributed by atoms with E-state index in [9.17, 15) is 4.79 Å². The molecule has 0 saturated carbocycles. The van der Waals surface area contributed by atoms with Crippen LogP contribution >= 0.6 is 0 Å². The second-order valence-electron chi connectivity index (χ2n) is 7.26. The van der Waals surface area contributed by atoms with Crippen molar-refractivity contribution in [2.24, 2.45) is 0 Å². The van der Waals surface area contributed by atoms with Gasteiger partial charge in [0.25, 0.3) is 5.91 Å². The van der Waals surface area contributed by atoms with Crippen LogP contribution in [0.5, 0.6) is 11.5 Å². The molecule has 0 bridgehead atoms. The highest BCUT2D eigenvalue weighted by molar-refractivity contribution is 5.94. The van der Waals surface area contributed by atoms with Gasteiger partial charge in [-0.2, -0.15) is 0 Å². The second-order valence-corrected chi connectivity index (χ2v) is 7.26.